The second-order valence-corrected chi connectivity index (χ2v) is 7.47. The van der Waals surface area contributed by atoms with Crippen molar-refractivity contribution in [2.75, 3.05) is 18.0 Å². The predicted octanol–water partition coefficient (Wildman–Crippen LogP) is -5.16. The normalized spacial score (nSPS) is 9.04. The van der Waals surface area contributed by atoms with E-state index in [0.717, 1.165) is 5.69 Å². The van der Waals surface area contributed by atoms with E-state index in [0.29, 0.717) is 18.1 Å². The van der Waals surface area contributed by atoms with Crippen molar-refractivity contribution in [2.24, 2.45) is 0 Å². The largest absolute Gasteiger partial charge is 1.00 e. The van der Waals surface area contributed by atoms with E-state index in [4.69, 9.17) is 11.6 Å². The molecule has 1 aromatic carbocycles. The molecule has 2 amide bonds. The summed E-state index contributed by atoms with van der Waals surface area (Å²) in [5.74, 6) is -0.558. The average Bonchev–Trinajstić information content (AvgIpc) is 2.59. The van der Waals surface area contributed by atoms with E-state index >= 15 is 0 Å². The summed E-state index contributed by atoms with van der Waals surface area (Å²) in [6.45, 7) is 0.749. The molecule has 0 unspecified atom stereocenters. The number of amides is 2. The molecule has 14 heteroatoms. The van der Waals surface area contributed by atoms with Crippen molar-refractivity contribution in [3.8, 4) is 0 Å². The van der Waals surface area contributed by atoms with Crippen molar-refractivity contribution in [2.45, 2.75) is 12.8 Å². The summed E-state index contributed by atoms with van der Waals surface area (Å²) in [6, 6.07) is 7.09. The van der Waals surface area contributed by atoms with Crippen LogP contribution in [0.3, 0.4) is 0 Å². The Morgan fingerprint density at radius 1 is 0.857 bits per heavy atom. The zero-order valence-corrected chi connectivity index (χ0v) is 25.7. The van der Waals surface area contributed by atoms with E-state index in [-0.39, 0.29) is 136 Å². The van der Waals surface area contributed by atoms with Gasteiger partial charge < -0.3 is 65.4 Å². The van der Waals surface area contributed by atoms with Gasteiger partial charge in [-0.15, -0.1) is 0 Å². The molecule has 28 heavy (non-hydrogen) atoms. The van der Waals surface area contributed by atoms with Crippen molar-refractivity contribution in [3.05, 3.63) is 29.3 Å². The van der Waals surface area contributed by atoms with Gasteiger partial charge in [-0.1, -0.05) is 11.6 Å². The Kier molecular flexibility index (Phi) is 20.9. The van der Waals surface area contributed by atoms with Crippen LogP contribution in [0.2, 0.25) is 5.02 Å². The van der Waals surface area contributed by atoms with Crippen molar-refractivity contribution < 1.29 is 112 Å². The van der Waals surface area contributed by atoms with Gasteiger partial charge in [0.15, 0.2) is 0 Å². The van der Waals surface area contributed by atoms with E-state index in [9.17, 15) is 9.59 Å². The molecule has 7 nitrogen and oxygen atoms in total. The molecule has 4 N–H and O–H groups in total. The number of hydrazine groups is 2. The van der Waals surface area contributed by atoms with Gasteiger partial charge in [-0.25, -0.2) is 0 Å². The number of hydrogen-bond acceptors (Lipinski definition) is 7. The summed E-state index contributed by atoms with van der Waals surface area (Å²) in [6.07, 6.45) is 0.341. The molecule has 0 aliphatic rings. The van der Waals surface area contributed by atoms with Crippen LogP contribution in [0.1, 0.15) is 12.8 Å². The molecule has 0 bridgehead atoms. The summed E-state index contributed by atoms with van der Waals surface area (Å²) in [7, 11) is 0. The van der Waals surface area contributed by atoms with Crippen LogP contribution in [0.15, 0.2) is 24.3 Å². The summed E-state index contributed by atoms with van der Waals surface area (Å²) in [4.78, 5) is 25.5. The zero-order chi connectivity index (χ0) is 19.5. The van der Waals surface area contributed by atoms with Crippen molar-refractivity contribution >= 4 is 87.4 Å². The van der Waals surface area contributed by atoms with Crippen molar-refractivity contribution in [3.63, 3.8) is 0 Å². The quantitative estimate of drug-likeness (QED) is 0.120. The Bertz CT molecular complexity index is 636. The minimum absolute atomic E-state index is 0. The first-order valence-corrected chi connectivity index (χ1v) is 9.31. The SMILES string of the molecule is O=C(CCN(CCC(=O)NNC(=S)[S-])c1ccc(Cl)cc1)NNC(=S)[S-].[K+].[K+]. The average molecular weight is 528 g/mol. The molecule has 0 aromatic heterocycles. The fourth-order valence-corrected chi connectivity index (χ4v) is 2.19. The fraction of sp³-hybridized carbons (Fsp3) is 0.286. The second-order valence-electron chi connectivity index (χ2n) is 4.88. The van der Waals surface area contributed by atoms with E-state index in [1.165, 1.54) is 0 Å². The first-order chi connectivity index (χ1) is 12.3. The standard InChI is InChI=1S/C14H18ClN5O2S4.2K/c15-9-1-3-10(4-2-9)20(7-5-11(21)16-18-13(23)24)8-6-12(22)17-19-14(25)26;;/h1-4H,5-8H2,(H,16,21)(H,17,22)(H2,18,23,24)(H2,19,25,26);;/q;2*+1/p-2. The molecule has 0 fully saturated rings. The van der Waals surface area contributed by atoms with Crippen molar-refractivity contribution in [1.82, 2.24) is 21.7 Å². The number of rotatable bonds is 7. The number of nitrogens with zero attached hydrogens (tertiary/aromatic N) is 1. The Morgan fingerprint density at radius 2 is 1.25 bits per heavy atom. The third-order valence-corrected chi connectivity index (χ3v) is 3.68. The summed E-state index contributed by atoms with van der Waals surface area (Å²) in [5.41, 5.74) is 10.4. The third kappa shape index (κ3) is 15.5. The van der Waals surface area contributed by atoms with Crippen LogP contribution in [0, 0.1) is 0 Å². The van der Waals surface area contributed by atoms with E-state index in [2.05, 4.69) is 71.4 Å². The Morgan fingerprint density at radius 3 is 1.61 bits per heavy atom. The van der Waals surface area contributed by atoms with Crippen LogP contribution < -0.4 is 129 Å². The molecule has 0 saturated carbocycles. The van der Waals surface area contributed by atoms with Gasteiger partial charge in [0, 0.05) is 36.6 Å². The predicted molar refractivity (Wildman–Crippen MR) is 115 cm³/mol. The van der Waals surface area contributed by atoms with E-state index in [1.807, 2.05) is 17.0 Å². The summed E-state index contributed by atoms with van der Waals surface area (Å²) < 4.78 is 0.105. The van der Waals surface area contributed by atoms with Crippen LogP contribution in [-0.2, 0) is 34.8 Å². The van der Waals surface area contributed by atoms with Crippen molar-refractivity contribution in [1.29, 1.82) is 0 Å². The van der Waals surface area contributed by atoms with E-state index in [1.54, 1.807) is 12.1 Å². The van der Waals surface area contributed by atoms with Gasteiger partial charge in [0.25, 0.3) is 0 Å². The topological polar surface area (TPSA) is 85.5 Å². The number of halogens is 1. The Labute approximate surface area is 276 Å². The van der Waals surface area contributed by atoms with Gasteiger partial charge in [0.2, 0.25) is 11.8 Å². The number of carbonyl (C=O) groups excluding carboxylic acids is 2. The maximum Gasteiger partial charge on any atom is 1.00 e. The van der Waals surface area contributed by atoms with Crippen LogP contribution in [0.4, 0.5) is 5.69 Å². The number of hydrogen-bond donors (Lipinski definition) is 4. The van der Waals surface area contributed by atoms with Gasteiger partial charge >= 0.3 is 103 Å². The first-order valence-electron chi connectivity index (χ1n) is 7.30. The smallest absolute Gasteiger partial charge is 0.410 e. The molecule has 1 rings (SSSR count). The molecule has 0 aliphatic heterocycles. The van der Waals surface area contributed by atoms with Crippen LogP contribution >= 0.6 is 36.0 Å². The molecule has 142 valence electrons. The molecular weight excluding hydrogens is 512 g/mol. The van der Waals surface area contributed by atoms with Crippen LogP contribution in [0.5, 0.6) is 0 Å². The fourth-order valence-electron chi connectivity index (χ4n) is 1.86. The molecule has 0 heterocycles. The molecule has 0 radical (unpaired) electrons. The maximum atomic E-state index is 11.8. The van der Waals surface area contributed by atoms with Gasteiger partial charge in [-0.3, -0.25) is 20.4 Å². The molecular formula is C14H16ClK2N5O2S4. The van der Waals surface area contributed by atoms with Crippen LogP contribution in [0.25, 0.3) is 0 Å². The second kappa shape index (κ2) is 18.3. The maximum absolute atomic E-state index is 11.8. The van der Waals surface area contributed by atoms with E-state index < -0.39 is 0 Å². The minimum Gasteiger partial charge on any atom is -0.410 e. The monoisotopic (exact) mass is 527 g/mol. The van der Waals surface area contributed by atoms with Gasteiger partial charge in [-0.05, 0) is 32.9 Å². The number of nitrogens with one attached hydrogen (secondary N) is 4. The number of thiocarbonyl (C=S) groups is 2. The Balaban J connectivity index is 0. The molecule has 0 saturated heterocycles. The van der Waals surface area contributed by atoms with Gasteiger partial charge in [0.1, 0.15) is 0 Å². The molecule has 0 spiro atoms. The summed E-state index contributed by atoms with van der Waals surface area (Å²) in [5, 5.41) is 0.593. The zero-order valence-electron chi connectivity index (χ0n) is 15.4. The third-order valence-electron chi connectivity index (χ3n) is 3.02. The number of carbonyl (C=O) groups is 2. The Hall–Kier alpha value is 1.74. The summed E-state index contributed by atoms with van der Waals surface area (Å²) >= 11 is 24.5. The first kappa shape index (κ1) is 31.9. The van der Waals surface area contributed by atoms with Gasteiger partial charge in [-0.2, -0.15) is 0 Å². The number of benzene rings is 1. The number of anilines is 1. The molecule has 0 atom stereocenters. The van der Waals surface area contributed by atoms with Crippen LogP contribution in [-0.4, -0.2) is 33.5 Å². The van der Waals surface area contributed by atoms with Gasteiger partial charge in [0.05, 0.1) is 0 Å². The molecule has 1 aromatic rings. The molecule has 0 aliphatic carbocycles. The minimum atomic E-state index is -0.279.